The van der Waals surface area contributed by atoms with E-state index in [1.165, 1.54) is 25.7 Å². The van der Waals surface area contributed by atoms with Gasteiger partial charge in [0, 0.05) is 6.42 Å². The molecular formula is C40H71NO13. The Labute approximate surface area is 321 Å². The summed E-state index contributed by atoms with van der Waals surface area (Å²) in [5.41, 5.74) is 0. The smallest absolute Gasteiger partial charge is 0.220 e. The molecule has 2 fully saturated rings. The number of aliphatic hydroxyl groups excluding tert-OH is 8. The van der Waals surface area contributed by atoms with Gasteiger partial charge in [-0.05, 0) is 51.4 Å². The molecule has 0 aromatic rings. The maximum Gasteiger partial charge on any atom is 0.220 e. The second kappa shape index (κ2) is 28.6. The Kier molecular flexibility index (Phi) is 25.6. The molecule has 0 aromatic heterocycles. The van der Waals surface area contributed by atoms with E-state index in [0.717, 1.165) is 57.8 Å². The predicted octanol–water partition coefficient (Wildman–Crippen LogP) is 2.42. The van der Waals surface area contributed by atoms with Crippen LogP contribution < -0.4 is 5.32 Å². The number of hydrogen-bond acceptors (Lipinski definition) is 13. The van der Waals surface area contributed by atoms with Gasteiger partial charge >= 0.3 is 0 Å². The third-order valence-corrected chi connectivity index (χ3v) is 9.78. The lowest BCUT2D eigenvalue weighted by Crippen LogP contribution is -2.65. The molecule has 0 saturated carbocycles. The standard InChI is InChI=1S/C40H71NO13/c1-3-5-7-9-11-12-13-14-15-16-18-20-22-24-32(45)41-28(29(44)23-21-19-17-10-8-6-4-2)27-51-39-37(50)35(48)38(31(26-43)53-39)54-40-36(49)34(47)33(46)30(25-42)52-40/h8,10,12-13,21,23,28-31,33-40,42-44,46-50H,3-7,9,11,14-20,22,24-27H2,1-2H3,(H,41,45)/b10-8+,13-12-,23-21+. The summed E-state index contributed by atoms with van der Waals surface area (Å²) >= 11 is 0. The van der Waals surface area contributed by atoms with E-state index >= 15 is 0 Å². The summed E-state index contributed by atoms with van der Waals surface area (Å²) in [6, 6.07) is -0.929. The number of unbranched alkanes of at least 4 members (excludes halogenated alkanes) is 11. The Hall–Kier alpha value is -1.79. The molecule has 0 radical (unpaired) electrons. The van der Waals surface area contributed by atoms with Gasteiger partial charge in [0.1, 0.15) is 48.8 Å². The zero-order chi connectivity index (χ0) is 39.7. The van der Waals surface area contributed by atoms with Crippen LogP contribution in [0.25, 0.3) is 0 Å². The van der Waals surface area contributed by atoms with E-state index < -0.39 is 86.8 Å². The fraction of sp³-hybridized carbons (Fsp3) is 0.825. The van der Waals surface area contributed by atoms with Crippen LogP contribution in [-0.4, -0.2) is 140 Å². The molecular weight excluding hydrogens is 702 g/mol. The van der Waals surface area contributed by atoms with Gasteiger partial charge in [-0.3, -0.25) is 4.79 Å². The van der Waals surface area contributed by atoms with Crippen molar-refractivity contribution in [3.63, 3.8) is 0 Å². The van der Waals surface area contributed by atoms with Crippen LogP contribution in [0.4, 0.5) is 0 Å². The summed E-state index contributed by atoms with van der Waals surface area (Å²) in [7, 11) is 0. The molecule has 0 bridgehead atoms. The maximum absolute atomic E-state index is 13.0. The summed E-state index contributed by atoms with van der Waals surface area (Å²) in [6.45, 7) is 2.57. The Morgan fingerprint density at radius 1 is 0.648 bits per heavy atom. The van der Waals surface area contributed by atoms with Crippen LogP contribution in [0.3, 0.4) is 0 Å². The van der Waals surface area contributed by atoms with Crippen LogP contribution in [0, 0.1) is 0 Å². The number of nitrogens with one attached hydrogen (secondary N) is 1. The molecule has 0 aromatic carbocycles. The van der Waals surface area contributed by atoms with Gasteiger partial charge in [0.2, 0.25) is 5.91 Å². The third kappa shape index (κ3) is 17.6. The fourth-order valence-corrected chi connectivity index (χ4v) is 6.36. The Morgan fingerprint density at radius 2 is 1.22 bits per heavy atom. The molecule has 14 heteroatoms. The predicted molar refractivity (Wildman–Crippen MR) is 203 cm³/mol. The molecule has 2 aliphatic heterocycles. The summed E-state index contributed by atoms with van der Waals surface area (Å²) in [5.74, 6) is -0.268. The van der Waals surface area contributed by atoms with E-state index in [0.29, 0.717) is 12.8 Å². The van der Waals surface area contributed by atoms with E-state index in [-0.39, 0.29) is 18.9 Å². The van der Waals surface area contributed by atoms with Crippen LogP contribution in [0.5, 0.6) is 0 Å². The minimum atomic E-state index is -1.79. The Balaban J connectivity index is 1.93. The average molecular weight is 774 g/mol. The van der Waals surface area contributed by atoms with Gasteiger partial charge in [-0.25, -0.2) is 0 Å². The number of carbonyl (C=O) groups is 1. The number of amides is 1. The van der Waals surface area contributed by atoms with Gasteiger partial charge in [0.15, 0.2) is 12.6 Å². The van der Waals surface area contributed by atoms with E-state index in [1.54, 1.807) is 6.08 Å². The highest BCUT2D eigenvalue weighted by Gasteiger charge is 2.50. The molecule has 9 N–H and O–H groups in total. The molecule has 1 amide bonds. The monoisotopic (exact) mass is 773 g/mol. The maximum atomic E-state index is 13.0. The summed E-state index contributed by atoms with van der Waals surface area (Å²) in [5, 5.41) is 85.9. The van der Waals surface area contributed by atoms with Crippen LogP contribution in [-0.2, 0) is 23.7 Å². The van der Waals surface area contributed by atoms with Crippen molar-refractivity contribution < 1.29 is 64.6 Å². The van der Waals surface area contributed by atoms with Crippen LogP contribution in [0.15, 0.2) is 36.5 Å². The average Bonchev–Trinajstić information content (AvgIpc) is 3.17. The van der Waals surface area contributed by atoms with Gasteiger partial charge in [-0.1, -0.05) is 95.2 Å². The highest BCUT2D eigenvalue weighted by Crippen LogP contribution is 2.29. The molecule has 314 valence electrons. The first kappa shape index (κ1) is 48.4. The Morgan fingerprint density at radius 3 is 1.89 bits per heavy atom. The molecule has 12 unspecified atom stereocenters. The number of hydrogen-bond donors (Lipinski definition) is 9. The lowest BCUT2D eigenvalue weighted by Gasteiger charge is -2.46. The first-order chi connectivity index (χ1) is 26.1. The second-order valence-corrected chi connectivity index (χ2v) is 14.4. The normalized spacial score (nSPS) is 30.4. The third-order valence-electron chi connectivity index (χ3n) is 9.78. The number of rotatable bonds is 28. The topological polar surface area (TPSA) is 228 Å². The van der Waals surface area contributed by atoms with Crippen molar-refractivity contribution in [3.8, 4) is 0 Å². The van der Waals surface area contributed by atoms with Gasteiger partial charge in [0.05, 0.1) is 32.0 Å². The minimum Gasteiger partial charge on any atom is -0.394 e. The summed E-state index contributed by atoms with van der Waals surface area (Å²) in [4.78, 5) is 13.0. The Bertz CT molecular complexity index is 1060. The molecule has 2 rings (SSSR count). The van der Waals surface area contributed by atoms with Crippen molar-refractivity contribution in [1.29, 1.82) is 0 Å². The largest absolute Gasteiger partial charge is 0.394 e. The lowest BCUT2D eigenvalue weighted by molar-refractivity contribution is -0.359. The number of aliphatic hydroxyl groups is 8. The molecule has 2 saturated heterocycles. The number of allylic oxidation sites excluding steroid dienone is 5. The molecule has 2 aliphatic rings. The van der Waals surface area contributed by atoms with Crippen molar-refractivity contribution in [2.45, 2.75) is 190 Å². The van der Waals surface area contributed by atoms with Crippen molar-refractivity contribution >= 4 is 5.91 Å². The summed E-state index contributed by atoms with van der Waals surface area (Å²) in [6.07, 6.45) is 11.0. The number of ether oxygens (including phenoxy) is 4. The van der Waals surface area contributed by atoms with Gasteiger partial charge in [-0.15, -0.1) is 0 Å². The van der Waals surface area contributed by atoms with E-state index in [9.17, 15) is 45.6 Å². The fourth-order valence-electron chi connectivity index (χ4n) is 6.36. The molecule has 14 nitrogen and oxygen atoms in total. The SMILES string of the molecule is CCC/C=C/CC/C=C/C(O)C(COC1OC(CO)C(OC2OC(CO)C(O)C(O)C2O)C(O)C1O)NC(=O)CCCCCCC/C=C\CCCCCC. The minimum absolute atomic E-state index is 0.262. The van der Waals surface area contributed by atoms with Gasteiger partial charge in [-0.2, -0.15) is 0 Å². The highest BCUT2D eigenvalue weighted by molar-refractivity contribution is 5.76. The first-order valence-electron chi connectivity index (χ1n) is 20.2. The van der Waals surface area contributed by atoms with Crippen molar-refractivity contribution in [3.05, 3.63) is 36.5 Å². The highest BCUT2D eigenvalue weighted by atomic mass is 16.7. The quantitative estimate of drug-likeness (QED) is 0.0412. The second-order valence-electron chi connectivity index (χ2n) is 14.4. The molecule has 12 atom stereocenters. The van der Waals surface area contributed by atoms with Crippen molar-refractivity contribution in [1.82, 2.24) is 5.32 Å². The molecule has 2 heterocycles. The molecule has 54 heavy (non-hydrogen) atoms. The van der Waals surface area contributed by atoms with Crippen LogP contribution >= 0.6 is 0 Å². The van der Waals surface area contributed by atoms with Crippen molar-refractivity contribution in [2.75, 3.05) is 19.8 Å². The molecule has 0 spiro atoms. The van der Waals surface area contributed by atoms with Gasteiger partial charge in [0.25, 0.3) is 0 Å². The lowest BCUT2D eigenvalue weighted by atomic mass is 9.97. The number of carbonyl (C=O) groups excluding carboxylic acids is 1. The van der Waals surface area contributed by atoms with Crippen LogP contribution in [0.1, 0.15) is 117 Å². The summed E-state index contributed by atoms with van der Waals surface area (Å²) < 4.78 is 22.5. The van der Waals surface area contributed by atoms with Gasteiger partial charge < -0.3 is 65.1 Å². The zero-order valence-electron chi connectivity index (χ0n) is 32.4. The van der Waals surface area contributed by atoms with E-state index in [2.05, 4.69) is 43.5 Å². The molecule has 0 aliphatic carbocycles. The van der Waals surface area contributed by atoms with Crippen molar-refractivity contribution in [2.24, 2.45) is 0 Å². The van der Waals surface area contributed by atoms with Crippen LogP contribution in [0.2, 0.25) is 0 Å². The van der Waals surface area contributed by atoms with E-state index in [1.807, 2.05) is 6.08 Å². The first-order valence-corrected chi connectivity index (χ1v) is 20.2. The zero-order valence-corrected chi connectivity index (χ0v) is 32.4. The van der Waals surface area contributed by atoms with E-state index in [4.69, 9.17) is 18.9 Å².